The zero-order valence-corrected chi connectivity index (χ0v) is 23.7. The second-order valence-electron chi connectivity index (χ2n) is 9.76. The number of nitrogens with one attached hydrogen (secondary N) is 1. The number of carbonyl (C=O) groups is 1. The van der Waals surface area contributed by atoms with Crippen molar-refractivity contribution < 1.29 is 24.1 Å². The van der Waals surface area contributed by atoms with E-state index in [0.717, 1.165) is 12.8 Å². The van der Waals surface area contributed by atoms with Crippen LogP contribution in [-0.2, 0) is 9.53 Å². The zero-order valence-electron chi connectivity index (χ0n) is 23.7. The molecule has 38 heavy (non-hydrogen) atoms. The lowest BCUT2D eigenvalue weighted by Crippen LogP contribution is -2.21. The van der Waals surface area contributed by atoms with Gasteiger partial charge in [-0.15, -0.1) is 0 Å². The van der Waals surface area contributed by atoms with Crippen LogP contribution < -0.4 is 14.8 Å². The summed E-state index contributed by atoms with van der Waals surface area (Å²) in [5, 5.41) is 13.4. The second kappa shape index (κ2) is 19.2. The topological polar surface area (TPSA) is 89.4 Å². The Morgan fingerprint density at radius 2 is 1.58 bits per heavy atom. The van der Waals surface area contributed by atoms with Gasteiger partial charge in [0.1, 0.15) is 35.3 Å². The first kappa shape index (κ1) is 31.3. The maximum Gasteiger partial charge on any atom is 0.345 e. The number of carbonyl (C=O) groups excluding carboxylic acids is 1. The molecule has 0 fully saturated rings. The number of ether oxygens (including phenoxy) is 3. The number of unbranched alkanes of at least 4 members (excludes halogenated alkanes) is 12. The van der Waals surface area contributed by atoms with E-state index in [2.05, 4.69) is 29.4 Å². The van der Waals surface area contributed by atoms with Gasteiger partial charge < -0.3 is 24.6 Å². The molecule has 7 nitrogen and oxygen atoms in total. The quantitative estimate of drug-likeness (QED) is 0.0587. The number of methoxy groups -OCH3 is 2. The van der Waals surface area contributed by atoms with E-state index < -0.39 is 5.97 Å². The minimum absolute atomic E-state index is 0.0763. The van der Waals surface area contributed by atoms with Crippen molar-refractivity contribution in [3.05, 3.63) is 41.7 Å². The van der Waals surface area contributed by atoms with Crippen molar-refractivity contribution in [1.29, 1.82) is 0 Å². The molecule has 1 heterocycles. The van der Waals surface area contributed by atoms with Gasteiger partial charge >= 0.3 is 5.97 Å². The number of nitrogens with zero attached hydrogens (tertiary/aromatic N) is 1. The summed E-state index contributed by atoms with van der Waals surface area (Å²) >= 11 is 0. The number of esters is 1. The summed E-state index contributed by atoms with van der Waals surface area (Å²) in [6, 6.07) is 5.32. The standard InChI is InChI=1S/C31H48N2O5/c1-4-5-6-7-8-9-10-11-12-13-14-15-16-17-18-19-22-32-30(29-27(34)24-38-31(29)35)33-26-21-20-25(36-2)23-28(26)37-3/h11-12,20-21,23,34H,4-10,13-19,22,24H2,1-3H3,(H,32,33). The highest BCUT2D eigenvalue weighted by atomic mass is 16.5. The third kappa shape index (κ3) is 11.6. The molecule has 1 aliphatic rings. The summed E-state index contributed by atoms with van der Waals surface area (Å²) < 4.78 is 15.7. The predicted octanol–water partition coefficient (Wildman–Crippen LogP) is 7.92. The Morgan fingerprint density at radius 3 is 2.16 bits per heavy atom. The molecule has 0 radical (unpaired) electrons. The van der Waals surface area contributed by atoms with E-state index in [1.54, 1.807) is 32.4 Å². The molecule has 1 aromatic carbocycles. The summed E-state index contributed by atoms with van der Waals surface area (Å²) in [5.74, 6) is 0.788. The van der Waals surface area contributed by atoms with E-state index in [1.165, 1.54) is 77.0 Å². The lowest BCUT2D eigenvalue weighted by molar-refractivity contribution is -0.135. The van der Waals surface area contributed by atoms with Crippen LogP contribution in [0.3, 0.4) is 0 Å². The molecule has 0 saturated heterocycles. The Labute approximate surface area is 229 Å². The predicted molar refractivity (Wildman–Crippen MR) is 156 cm³/mol. The number of anilines is 1. The molecule has 1 aromatic rings. The van der Waals surface area contributed by atoms with Crippen LogP contribution in [0.5, 0.6) is 11.5 Å². The normalized spacial score (nSPS) is 13.9. The van der Waals surface area contributed by atoms with Gasteiger partial charge in [-0.25, -0.2) is 4.79 Å². The SMILES string of the molecule is CCCCCCCCC=CCCCCCCCCN=C(Nc1ccc(OC)cc1OC)C1=C(O)COC1=O. The van der Waals surface area contributed by atoms with Gasteiger partial charge in [-0.2, -0.15) is 0 Å². The van der Waals surface area contributed by atoms with Gasteiger partial charge in [-0.1, -0.05) is 76.9 Å². The molecule has 0 amide bonds. The number of hydrogen-bond acceptors (Lipinski definition) is 6. The minimum atomic E-state index is -0.581. The zero-order chi connectivity index (χ0) is 27.4. The highest BCUT2D eigenvalue weighted by Crippen LogP contribution is 2.30. The molecule has 2 N–H and O–H groups in total. The molecule has 0 atom stereocenters. The number of aliphatic hydroxyl groups is 1. The van der Waals surface area contributed by atoms with Crippen molar-refractivity contribution in [3.63, 3.8) is 0 Å². The first-order valence-corrected chi connectivity index (χ1v) is 14.4. The lowest BCUT2D eigenvalue weighted by Gasteiger charge is -2.14. The Morgan fingerprint density at radius 1 is 0.947 bits per heavy atom. The Bertz CT molecular complexity index is 923. The van der Waals surface area contributed by atoms with E-state index in [9.17, 15) is 9.90 Å². The molecule has 7 heteroatoms. The summed E-state index contributed by atoms with van der Waals surface area (Å²) in [6.45, 7) is 2.67. The number of rotatable bonds is 20. The molecule has 0 unspecified atom stereocenters. The fourth-order valence-electron chi connectivity index (χ4n) is 4.39. The molecule has 0 aliphatic carbocycles. The maximum atomic E-state index is 12.2. The summed E-state index contributed by atoms with van der Waals surface area (Å²) in [7, 11) is 3.14. The van der Waals surface area contributed by atoms with Crippen LogP contribution >= 0.6 is 0 Å². The Hall–Kier alpha value is -2.96. The molecule has 0 bridgehead atoms. The van der Waals surface area contributed by atoms with Gasteiger partial charge in [0.05, 0.1) is 19.9 Å². The number of aliphatic imine (C=N–C) groups is 1. The smallest absolute Gasteiger partial charge is 0.345 e. The number of allylic oxidation sites excluding steroid dienone is 2. The van der Waals surface area contributed by atoms with E-state index in [-0.39, 0.29) is 17.9 Å². The number of aliphatic hydroxyl groups excluding tert-OH is 1. The summed E-state index contributed by atoms with van der Waals surface area (Å²) in [4.78, 5) is 16.9. The Balaban J connectivity index is 1.70. The van der Waals surface area contributed by atoms with Gasteiger partial charge in [0.25, 0.3) is 0 Å². The monoisotopic (exact) mass is 528 g/mol. The molecule has 1 aliphatic heterocycles. The van der Waals surface area contributed by atoms with Crippen LogP contribution in [0, 0.1) is 0 Å². The summed E-state index contributed by atoms with van der Waals surface area (Å²) in [6.07, 6.45) is 22.1. The van der Waals surface area contributed by atoms with Crippen LogP contribution in [0.2, 0.25) is 0 Å². The van der Waals surface area contributed by atoms with Crippen molar-refractivity contribution in [3.8, 4) is 11.5 Å². The Kier molecular flexibility index (Phi) is 15.8. The van der Waals surface area contributed by atoms with Crippen molar-refractivity contribution in [2.45, 2.75) is 96.8 Å². The molecular weight excluding hydrogens is 480 g/mol. The van der Waals surface area contributed by atoms with Crippen LogP contribution in [-0.4, -0.2) is 44.3 Å². The van der Waals surface area contributed by atoms with Gasteiger partial charge in [0.2, 0.25) is 0 Å². The van der Waals surface area contributed by atoms with Crippen LogP contribution in [0.25, 0.3) is 0 Å². The highest BCUT2D eigenvalue weighted by molar-refractivity contribution is 6.25. The van der Waals surface area contributed by atoms with Crippen LogP contribution in [0.4, 0.5) is 5.69 Å². The lowest BCUT2D eigenvalue weighted by atomic mass is 10.1. The van der Waals surface area contributed by atoms with E-state index in [4.69, 9.17) is 14.2 Å². The second-order valence-corrected chi connectivity index (χ2v) is 9.76. The molecular formula is C31H48N2O5. The molecule has 0 spiro atoms. The number of amidine groups is 1. The third-order valence-electron chi connectivity index (χ3n) is 6.67. The van der Waals surface area contributed by atoms with Crippen LogP contribution in [0.15, 0.2) is 46.7 Å². The number of hydrogen-bond donors (Lipinski definition) is 2. The van der Waals surface area contributed by atoms with E-state index in [1.807, 2.05) is 0 Å². The molecule has 212 valence electrons. The van der Waals surface area contributed by atoms with Crippen molar-refractivity contribution in [2.75, 3.05) is 32.7 Å². The maximum absolute atomic E-state index is 12.2. The van der Waals surface area contributed by atoms with Crippen molar-refractivity contribution >= 4 is 17.5 Å². The number of benzene rings is 1. The van der Waals surface area contributed by atoms with Crippen molar-refractivity contribution in [1.82, 2.24) is 0 Å². The number of cyclic esters (lactones) is 1. The van der Waals surface area contributed by atoms with Crippen LogP contribution in [0.1, 0.15) is 96.8 Å². The fourth-order valence-corrected chi connectivity index (χ4v) is 4.39. The first-order valence-electron chi connectivity index (χ1n) is 14.4. The van der Waals surface area contributed by atoms with E-state index in [0.29, 0.717) is 29.6 Å². The van der Waals surface area contributed by atoms with Gasteiger partial charge in [0, 0.05) is 12.6 Å². The van der Waals surface area contributed by atoms with Gasteiger partial charge in [-0.05, 0) is 44.2 Å². The molecule has 2 rings (SSSR count). The fraction of sp³-hybridized carbons (Fsp3) is 0.613. The first-order chi connectivity index (χ1) is 18.6. The summed E-state index contributed by atoms with van der Waals surface area (Å²) in [5.41, 5.74) is 0.695. The molecule has 0 saturated carbocycles. The van der Waals surface area contributed by atoms with Gasteiger partial charge in [0.15, 0.2) is 0 Å². The third-order valence-corrected chi connectivity index (χ3v) is 6.67. The highest BCUT2D eigenvalue weighted by Gasteiger charge is 2.29. The van der Waals surface area contributed by atoms with E-state index >= 15 is 0 Å². The minimum Gasteiger partial charge on any atom is -0.508 e. The molecule has 0 aromatic heterocycles. The average molecular weight is 529 g/mol. The van der Waals surface area contributed by atoms with Gasteiger partial charge in [-0.3, -0.25) is 4.99 Å². The largest absolute Gasteiger partial charge is 0.508 e. The van der Waals surface area contributed by atoms with Crippen molar-refractivity contribution in [2.24, 2.45) is 4.99 Å². The average Bonchev–Trinajstić information content (AvgIpc) is 3.27.